The third-order valence-corrected chi connectivity index (χ3v) is 2.59. The molecule has 82 valence electrons. The molecule has 1 saturated heterocycles. The Morgan fingerprint density at radius 2 is 2.20 bits per heavy atom. The Balaban J connectivity index is 2.02. The summed E-state index contributed by atoms with van der Waals surface area (Å²) in [6.45, 7) is 7.26. The van der Waals surface area contributed by atoms with Crippen molar-refractivity contribution in [2.24, 2.45) is 0 Å². The van der Waals surface area contributed by atoms with Crippen LogP contribution in [0.1, 0.15) is 6.92 Å². The van der Waals surface area contributed by atoms with Crippen molar-refractivity contribution in [1.82, 2.24) is 10.3 Å². The summed E-state index contributed by atoms with van der Waals surface area (Å²) < 4.78 is 0. The molecule has 4 heteroatoms. The quantitative estimate of drug-likeness (QED) is 0.771. The monoisotopic (exact) mass is 206 g/mol. The fraction of sp³-hybridized carbons (Fsp3) is 0.545. The predicted octanol–water partition coefficient (Wildman–Crippen LogP) is 0.923. The van der Waals surface area contributed by atoms with Crippen molar-refractivity contribution in [2.75, 3.05) is 42.9 Å². The Labute approximate surface area is 90.7 Å². The Morgan fingerprint density at radius 3 is 2.80 bits per heavy atom. The van der Waals surface area contributed by atoms with Crippen molar-refractivity contribution in [2.45, 2.75) is 6.92 Å². The molecular formula is C11H18N4. The molecule has 0 radical (unpaired) electrons. The van der Waals surface area contributed by atoms with Gasteiger partial charge in [-0.25, -0.2) is 4.98 Å². The molecule has 0 aliphatic carbocycles. The van der Waals surface area contributed by atoms with Crippen LogP contribution in [0.15, 0.2) is 18.3 Å². The van der Waals surface area contributed by atoms with Crippen LogP contribution in [0.3, 0.4) is 0 Å². The Bertz CT molecular complexity index is 290. The van der Waals surface area contributed by atoms with Crippen LogP contribution < -0.4 is 15.5 Å². The van der Waals surface area contributed by atoms with Crippen molar-refractivity contribution < 1.29 is 0 Å². The van der Waals surface area contributed by atoms with Gasteiger partial charge in [0.15, 0.2) is 0 Å². The molecule has 1 aromatic rings. The van der Waals surface area contributed by atoms with Gasteiger partial charge in [-0.05, 0) is 19.1 Å². The Morgan fingerprint density at radius 1 is 1.40 bits per heavy atom. The SMILES string of the molecule is CCNc1ccc(N2CCNCC2)cn1. The highest BCUT2D eigenvalue weighted by Crippen LogP contribution is 2.15. The smallest absolute Gasteiger partial charge is 0.126 e. The van der Waals surface area contributed by atoms with Crippen molar-refractivity contribution >= 4 is 11.5 Å². The minimum atomic E-state index is 0.917. The highest BCUT2D eigenvalue weighted by molar-refractivity contribution is 5.49. The van der Waals surface area contributed by atoms with Gasteiger partial charge in [0.05, 0.1) is 11.9 Å². The van der Waals surface area contributed by atoms with Gasteiger partial charge >= 0.3 is 0 Å². The summed E-state index contributed by atoms with van der Waals surface area (Å²) in [5, 5.41) is 6.54. The molecule has 0 atom stereocenters. The number of hydrogen-bond donors (Lipinski definition) is 2. The molecule has 0 unspecified atom stereocenters. The molecule has 0 aromatic carbocycles. The standard InChI is InChI=1S/C11H18N4/c1-2-13-11-4-3-10(9-14-11)15-7-5-12-6-8-15/h3-4,9,12H,2,5-8H2,1H3,(H,13,14). The van der Waals surface area contributed by atoms with E-state index in [9.17, 15) is 0 Å². The zero-order valence-electron chi connectivity index (χ0n) is 9.16. The van der Waals surface area contributed by atoms with Crippen LogP contribution in [0, 0.1) is 0 Å². The van der Waals surface area contributed by atoms with Gasteiger partial charge in [0, 0.05) is 32.7 Å². The lowest BCUT2D eigenvalue weighted by atomic mass is 10.3. The van der Waals surface area contributed by atoms with Crippen LogP contribution in [-0.2, 0) is 0 Å². The largest absolute Gasteiger partial charge is 0.370 e. The van der Waals surface area contributed by atoms with Gasteiger partial charge in [0.25, 0.3) is 0 Å². The highest BCUT2D eigenvalue weighted by Gasteiger charge is 2.09. The molecule has 1 aromatic heterocycles. The lowest BCUT2D eigenvalue weighted by Gasteiger charge is -2.29. The van der Waals surface area contributed by atoms with Crippen molar-refractivity contribution in [3.8, 4) is 0 Å². The van der Waals surface area contributed by atoms with Gasteiger partial charge in [0.2, 0.25) is 0 Å². The van der Waals surface area contributed by atoms with Gasteiger partial charge in [-0.2, -0.15) is 0 Å². The summed E-state index contributed by atoms with van der Waals surface area (Å²) in [6.07, 6.45) is 1.95. The van der Waals surface area contributed by atoms with E-state index in [1.165, 1.54) is 5.69 Å². The zero-order chi connectivity index (χ0) is 10.5. The average Bonchev–Trinajstić information content (AvgIpc) is 2.32. The molecular weight excluding hydrogens is 188 g/mol. The van der Waals surface area contributed by atoms with Crippen molar-refractivity contribution in [1.29, 1.82) is 0 Å². The summed E-state index contributed by atoms with van der Waals surface area (Å²) in [5.41, 5.74) is 1.22. The van der Waals surface area contributed by atoms with Crippen LogP contribution in [0.2, 0.25) is 0 Å². The van der Waals surface area contributed by atoms with Gasteiger partial charge in [-0.15, -0.1) is 0 Å². The lowest BCUT2D eigenvalue weighted by molar-refractivity contribution is 0.589. The number of nitrogens with zero attached hydrogens (tertiary/aromatic N) is 2. The van der Waals surface area contributed by atoms with E-state index in [4.69, 9.17) is 0 Å². The summed E-state index contributed by atoms with van der Waals surface area (Å²) in [6, 6.07) is 4.18. The second-order valence-electron chi connectivity index (χ2n) is 3.67. The summed E-state index contributed by atoms with van der Waals surface area (Å²) in [7, 11) is 0. The van der Waals surface area contributed by atoms with E-state index in [0.717, 1.165) is 38.5 Å². The minimum Gasteiger partial charge on any atom is -0.370 e. The molecule has 0 saturated carbocycles. The summed E-state index contributed by atoms with van der Waals surface area (Å²) in [5.74, 6) is 0.955. The predicted molar refractivity (Wildman–Crippen MR) is 63.5 cm³/mol. The molecule has 1 aliphatic heterocycles. The first-order valence-electron chi connectivity index (χ1n) is 5.55. The number of piperazine rings is 1. The molecule has 0 spiro atoms. The van der Waals surface area contributed by atoms with Gasteiger partial charge in [-0.1, -0.05) is 0 Å². The number of hydrogen-bond acceptors (Lipinski definition) is 4. The van der Waals surface area contributed by atoms with Crippen molar-refractivity contribution in [3.05, 3.63) is 18.3 Å². The van der Waals surface area contributed by atoms with Crippen molar-refractivity contribution in [3.63, 3.8) is 0 Å². The number of anilines is 2. The first-order valence-corrected chi connectivity index (χ1v) is 5.55. The maximum Gasteiger partial charge on any atom is 0.126 e. The molecule has 1 fully saturated rings. The zero-order valence-corrected chi connectivity index (χ0v) is 9.16. The van der Waals surface area contributed by atoms with E-state index >= 15 is 0 Å². The van der Waals surface area contributed by atoms with Gasteiger partial charge < -0.3 is 15.5 Å². The minimum absolute atomic E-state index is 0.917. The third kappa shape index (κ3) is 2.59. The molecule has 0 bridgehead atoms. The fourth-order valence-corrected chi connectivity index (χ4v) is 1.78. The maximum atomic E-state index is 4.37. The number of aromatic nitrogens is 1. The van der Waals surface area contributed by atoms with E-state index in [2.05, 4.69) is 33.5 Å². The molecule has 2 rings (SSSR count). The average molecular weight is 206 g/mol. The summed E-state index contributed by atoms with van der Waals surface area (Å²) in [4.78, 5) is 6.73. The fourth-order valence-electron chi connectivity index (χ4n) is 1.78. The normalized spacial score (nSPS) is 16.5. The molecule has 0 amide bonds. The van der Waals surface area contributed by atoms with Crippen LogP contribution in [0.25, 0.3) is 0 Å². The number of rotatable bonds is 3. The third-order valence-electron chi connectivity index (χ3n) is 2.59. The second-order valence-corrected chi connectivity index (χ2v) is 3.67. The van der Waals surface area contributed by atoms with E-state index < -0.39 is 0 Å². The lowest BCUT2D eigenvalue weighted by Crippen LogP contribution is -2.43. The van der Waals surface area contributed by atoms with Crippen LogP contribution in [0.5, 0.6) is 0 Å². The number of pyridine rings is 1. The molecule has 2 N–H and O–H groups in total. The van der Waals surface area contributed by atoms with E-state index in [1.54, 1.807) is 0 Å². The Hall–Kier alpha value is -1.29. The van der Waals surface area contributed by atoms with Crippen LogP contribution in [-0.4, -0.2) is 37.7 Å². The van der Waals surface area contributed by atoms with Crippen LogP contribution in [0.4, 0.5) is 11.5 Å². The Kier molecular flexibility index (Phi) is 3.40. The molecule has 4 nitrogen and oxygen atoms in total. The van der Waals surface area contributed by atoms with Crippen LogP contribution >= 0.6 is 0 Å². The number of nitrogens with one attached hydrogen (secondary N) is 2. The topological polar surface area (TPSA) is 40.2 Å². The first kappa shape index (κ1) is 10.2. The second kappa shape index (κ2) is 4.98. The summed E-state index contributed by atoms with van der Waals surface area (Å²) >= 11 is 0. The van der Waals surface area contributed by atoms with Gasteiger partial charge in [-0.3, -0.25) is 0 Å². The van der Waals surface area contributed by atoms with E-state index in [1.807, 2.05) is 12.3 Å². The maximum absolute atomic E-state index is 4.37. The molecule has 2 heterocycles. The first-order chi connectivity index (χ1) is 7.40. The van der Waals surface area contributed by atoms with E-state index in [0.29, 0.717) is 0 Å². The van der Waals surface area contributed by atoms with E-state index in [-0.39, 0.29) is 0 Å². The molecule has 15 heavy (non-hydrogen) atoms. The highest BCUT2D eigenvalue weighted by atomic mass is 15.2. The van der Waals surface area contributed by atoms with Gasteiger partial charge in [0.1, 0.15) is 5.82 Å². The molecule has 1 aliphatic rings.